The second-order valence-corrected chi connectivity index (χ2v) is 5.97. The van der Waals surface area contributed by atoms with Gasteiger partial charge in [-0.15, -0.1) is 6.42 Å². The van der Waals surface area contributed by atoms with Crippen LogP contribution in [0.3, 0.4) is 0 Å². The van der Waals surface area contributed by atoms with Crippen molar-refractivity contribution >= 4 is 17.0 Å². The zero-order valence-corrected chi connectivity index (χ0v) is 12.5. The van der Waals surface area contributed by atoms with Gasteiger partial charge in [0.05, 0.1) is 11.6 Å². The zero-order chi connectivity index (χ0) is 14.5. The van der Waals surface area contributed by atoms with E-state index in [-0.39, 0.29) is 11.3 Å². The van der Waals surface area contributed by atoms with Crippen molar-refractivity contribution in [2.24, 2.45) is 0 Å². The molecule has 4 heteroatoms. The van der Waals surface area contributed by atoms with Crippen LogP contribution in [-0.2, 0) is 0 Å². The third-order valence-corrected chi connectivity index (χ3v) is 2.94. The van der Waals surface area contributed by atoms with Crippen LogP contribution in [-0.4, -0.2) is 16.9 Å². The third-order valence-electron chi connectivity index (χ3n) is 2.16. The maximum atomic E-state index is 11.8. The normalized spacial score (nSPS) is 10.9. The van der Waals surface area contributed by atoms with E-state index < -0.39 is 5.54 Å². The lowest BCUT2D eigenvalue weighted by Crippen LogP contribution is -2.39. The van der Waals surface area contributed by atoms with Crippen molar-refractivity contribution < 1.29 is 9.53 Å². The predicted molar refractivity (Wildman–Crippen MR) is 79.5 cm³/mol. The highest BCUT2D eigenvalue weighted by molar-refractivity contribution is 8.13. The lowest BCUT2D eigenvalue weighted by Gasteiger charge is -2.19. The van der Waals surface area contributed by atoms with Crippen molar-refractivity contribution in [1.29, 1.82) is 0 Å². The number of amides is 1. The number of nitrogens with one attached hydrogen (secondary N) is 1. The summed E-state index contributed by atoms with van der Waals surface area (Å²) in [5.41, 5.74) is -0.643. The van der Waals surface area contributed by atoms with Gasteiger partial charge < -0.3 is 10.1 Å². The van der Waals surface area contributed by atoms with Gasteiger partial charge in [-0.2, -0.15) is 0 Å². The Hall–Kier alpha value is -1.60. The molecular weight excluding hydrogens is 258 g/mol. The van der Waals surface area contributed by atoms with Gasteiger partial charge in [0, 0.05) is 4.90 Å². The van der Waals surface area contributed by atoms with E-state index in [4.69, 9.17) is 11.2 Å². The molecule has 0 atom stereocenters. The molecule has 0 spiro atoms. The van der Waals surface area contributed by atoms with Gasteiger partial charge in [0.25, 0.3) is 5.24 Å². The van der Waals surface area contributed by atoms with Crippen LogP contribution in [0.1, 0.15) is 27.7 Å². The minimum atomic E-state index is -0.643. The molecule has 102 valence electrons. The van der Waals surface area contributed by atoms with E-state index >= 15 is 0 Å². The Kier molecular flexibility index (Phi) is 5.31. The number of terminal acetylenes is 1. The van der Waals surface area contributed by atoms with Gasteiger partial charge in [-0.1, -0.05) is 12.0 Å². The van der Waals surface area contributed by atoms with Crippen LogP contribution >= 0.6 is 11.8 Å². The molecule has 1 aromatic rings. The van der Waals surface area contributed by atoms with Crippen LogP contribution in [0.2, 0.25) is 0 Å². The van der Waals surface area contributed by atoms with Crippen molar-refractivity contribution in [1.82, 2.24) is 5.32 Å². The number of hydrogen-bond acceptors (Lipinski definition) is 3. The first-order chi connectivity index (χ1) is 8.82. The first kappa shape index (κ1) is 15.5. The summed E-state index contributed by atoms with van der Waals surface area (Å²) in [6.07, 6.45) is 5.44. The van der Waals surface area contributed by atoms with Crippen molar-refractivity contribution in [3.8, 4) is 18.1 Å². The fourth-order valence-electron chi connectivity index (χ4n) is 1.31. The van der Waals surface area contributed by atoms with E-state index in [2.05, 4.69) is 11.2 Å². The molecule has 1 aromatic carbocycles. The summed E-state index contributed by atoms with van der Waals surface area (Å²) in [5.74, 6) is 3.28. The summed E-state index contributed by atoms with van der Waals surface area (Å²) >= 11 is 1.10. The minimum Gasteiger partial charge on any atom is -0.491 e. The summed E-state index contributed by atoms with van der Waals surface area (Å²) in [4.78, 5) is 12.7. The first-order valence-corrected chi connectivity index (χ1v) is 6.88. The molecule has 0 aliphatic rings. The molecule has 0 saturated carbocycles. The lowest BCUT2D eigenvalue weighted by molar-refractivity contribution is 0.242. The summed E-state index contributed by atoms with van der Waals surface area (Å²) in [5, 5.41) is 2.59. The molecule has 0 bridgehead atoms. The zero-order valence-electron chi connectivity index (χ0n) is 11.7. The van der Waals surface area contributed by atoms with Gasteiger partial charge in [-0.05, 0) is 57.7 Å². The molecule has 0 unspecified atom stereocenters. The molecule has 0 heterocycles. The Morgan fingerprint density at radius 1 is 1.47 bits per heavy atom. The van der Waals surface area contributed by atoms with Gasteiger partial charge in [0.1, 0.15) is 5.75 Å². The van der Waals surface area contributed by atoms with Gasteiger partial charge in [0.15, 0.2) is 0 Å². The first-order valence-electron chi connectivity index (χ1n) is 6.07. The van der Waals surface area contributed by atoms with Gasteiger partial charge in [-0.3, -0.25) is 4.79 Å². The number of rotatable bonds is 4. The highest BCUT2D eigenvalue weighted by Gasteiger charge is 2.17. The van der Waals surface area contributed by atoms with Crippen LogP contribution in [0.5, 0.6) is 5.75 Å². The molecule has 19 heavy (non-hydrogen) atoms. The Balaban J connectivity index is 2.67. The molecular formula is C15H19NO2S. The van der Waals surface area contributed by atoms with Crippen LogP contribution < -0.4 is 10.1 Å². The van der Waals surface area contributed by atoms with Crippen LogP contribution in [0.4, 0.5) is 4.79 Å². The molecule has 1 amide bonds. The second-order valence-electron chi connectivity index (χ2n) is 4.93. The molecule has 3 nitrogen and oxygen atoms in total. The molecule has 1 N–H and O–H groups in total. The number of benzene rings is 1. The van der Waals surface area contributed by atoms with Gasteiger partial charge in [-0.25, -0.2) is 0 Å². The molecule has 1 rings (SSSR count). The number of hydrogen-bond donors (Lipinski definition) is 1. The van der Waals surface area contributed by atoms with Gasteiger partial charge in [0.2, 0.25) is 0 Å². The van der Waals surface area contributed by atoms with E-state index in [0.29, 0.717) is 0 Å². The standard InChI is InChI=1S/C15H19NO2S/c1-6-15(4,5)16-14(17)19-13-9-7-8-12(10-13)18-11(2)3/h1,7-11H,2-5H3,(H,16,17). The van der Waals surface area contributed by atoms with Crippen LogP contribution in [0, 0.1) is 12.3 Å². The molecule has 0 saturated heterocycles. The Morgan fingerprint density at radius 2 is 2.16 bits per heavy atom. The Bertz CT molecular complexity index is 489. The largest absolute Gasteiger partial charge is 0.491 e. The average Bonchev–Trinajstić information content (AvgIpc) is 2.27. The summed E-state index contributed by atoms with van der Waals surface area (Å²) in [6, 6.07) is 7.43. The van der Waals surface area contributed by atoms with Crippen LogP contribution in [0.25, 0.3) is 0 Å². The topological polar surface area (TPSA) is 38.3 Å². The number of ether oxygens (including phenoxy) is 1. The number of carbonyl (C=O) groups excluding carboxylic acids is 1. The SMILES string of the molecule is C#CC(C)(C)NC(=O)Sc1cccc(OC(C)C)c1. The number of thioether (sulfide) groups is 1. The quantitative estimate of drug-likeness (QED) is 0.674. The molecule has 0 aromatic heterocycles. The summed E-state index contributed by atoms with van der Waals surface area (Å²) < 4.78 is 5.58. The van der Waals surface area contributed by atoms with E-state index in [1.54, 1.807) is 13.8 Å². The Labute approximate surface area is 119 Å². The van der Waals surface area contributed by atoms with Crippen molar-refractivity contribution in [2.75, 3.05) is 0 Å². The molecule has 0 radical (unpaired) electrons. The lowest BCUT2D eigenvalue weighted by atomic mass is 10.1. The van der Waals surface area contributed by atoms with Gasteiger partial charge >= 0.3 is 0 Å². The highest BCUT2D eigenvalue weighted by atomic mass is 32.2. The van der Waals surface area contributed by atoms with Crippen molar-refractivity contribution in [3.63, 3.8) is 0 Å². The molecule has 0 fully saturated rings. The molecule has 0 aliphatic heterocycles. The van der Waals surface area contributed by atoms with E-state index in [0.717, 1.165) is 22.4 Å². The maximum absolute atomic E-state index is 11.8. The summed E-state index contributed by atoms with van der Waals surface area (Å²) in [6.45, 7) is 7.48. The Morgan fingerprint density at radius 3 is 2.74 bits per heavy atom. The van der Waals surface area contributed by atoms with Crippen LogP contribution in [0.15, 0.2) is 29.2 Å². The third kappa shape index (κ3) is 5.71. The summed E-state index contributed by atoms with van der Waals surface area (Å²) in [7, 11) is 0. The predicted octanol–water partition coefficient (Wildman–Crippen LogP) is 3.69. The van der Waals surface area contributed by atoms with E-state index in [9.17, 15) is 4.79 Å². The maximum Gasteiger partial charge on any atom is 0.285 e. The second kappa shape index (κ2) is 6.53. The highest BCUT2D eigenvalue weighted by Crippen LogP contribution is 2.24. The smallest absolute Gasteiger partial charge is 0.285 e. The number of carbonyl (C=O) groups is 1. The van der Waals surface area contributed by atoms with Crippen molar-refractivity contribution in [3.05, 3.63) is 24.3 Å². The monoisotopic (exact) mass is 277 g/mol. The van der Waals surface area contributed by atoms with Crippen molar-refractivity contribution in [2.45, 2.75) is 44.2 Å². The fraction of sp³-hybridized carbons (Fsp3) is 0.400. The van der Waals surface area contributed by atoms with E-state index in [1.807, 2.05) is 38.1 Å². The fourth-order valence-corrected chi connectivity index (χ4v) is 2.15. The molecule has 0 aliphatic carbocycles. The minimum absolute atomic E-state index is 0.106. The average molecular weight is 277 g/mol. The van der Waals surface area contributed by atoms with E-state index in [1.165, 1.54) is 0 Å².